The molecular formula is C21H20F3N5O2. The molecule has 31 heavy (non-hydrogen) atoms. The van der Waals surface area contributed by atoms with Crippen molar-refractivity contribution in [2.24, 2.45) is 16.6 Å². The third kappa shape index (κ3) is 3.91. The van der Waals surface area contributed by atoms with Crippen molar-refractivity contribution >= 4 is 17.6 Å². The molecule has 3 N–H and O–H groups in total. The summed E-state index contributed by atoms with van der Waals surface area (Å²) in [6, 6.07) is 6.63. The SMILES string of the molecule is Cc1cc(NC(=O)c2ccc(C#N)cn2)cc(C2(C(F)F)N=C(N)OC(C)C2C)c1F. The van der Waals surface area contributed by atoms with Crippen LogP contribution in [0.1, 0.15) is 41.0 Å². The molecule has 0 radical (unpaired) electrons. The van der Waals surface area contributed by atoms with E-state index in [4.69, 9.17) is 15.7 Å². The van der Waals surface area contributed by atoms with Crippen LogP contribution in [0.4, 0.5) is 18.9 Å². The summed E-state index contributed by atoms with van der Waals surface area (Å²) in [7, 11) is 0. The van der Waals surface area contributed by atoms with Gasteiger partial charge in [-0.2, -0.15) is 5.26 Å². The van der Waals surface area contributed by atoms with Gasteiger partial charge in [0.15, 0.2) is 5.54 Å². The fourth-order valence-corrected chi connectivity index (χ4v) is 3.55. The number of nitriles is 1. The number of amidine groups is 1. The summed E-state index contributed by atoms with van der Waals surface area (Å²) >= 11 is 0. The van der Waals surface area contributed by atoms with Gasteiger partial charge in [-0.15, -0.1) is 0 Å². The zero-order valence-electron chi connectivity index (χ0n) is 17.0. The number of halogens is 3. The highest BCUT2D eigenvalue weighted by Crippen LogP contribution is 2.46. The van der Waals surface area contributed by atoms with Crippen molar-refractivity contribution in [1.29, 1.82) is 5.26 Å². The van der Waals surface area contributed by atoms with Crippen molar-refractivity contribution in [2.45, 2.75) is 38.8 Å². The largest absolute Gasteiger partial charge is 0.462 e. The summed E-state index contributed by atoms with van der Waals surface area (Å²) in [6.45, 7) is 4.43. The molecule has 10 heteroatoms. The minimum absolute atomic E-state index is 0.00132. The molecule has 0 spiro atoms. The Morgan fingerprint density at radius 2 is 2.06 bits per heavy atom. The first kappa shape index (κ1) is 22.1. The summed E-state index contributed by atoms with van der Waals surface area (Å²) in [5.41, 5.74) is 3.34. The smallest absolute Gasteiger partial charge is 0.283 e. The topological polar surface area (TPSA) is 113 Å². The van der Waals surface area contributed by atoms with Gasteiger partial charge in [0.1, 0.15) is 23.7 Å². The van der Waals surface area contributed by atoms with Gasteiger partial charge in [0.2, 0.25) is 0 Å². The lowest BCUT2D eigenvalue weighted by atomic mass is 9.75. The van der Waals surface area contributed by atoms with Crippen molar-refractivity contribution in [1.82, 2.24) is 4.98 Å². The molecule has 0 saturated heterocycles. The number of nitrogens with two attached hydrogens (primary N) is 1. The fourth-order valence-electron chi connectivity index (χ4n) is 3.55. The number of aryl methyl sites for hydroxylation is 1. The first-order valence-electron chi connectivity index (χ1n) is 9.38. The lowest BCUT2D eigenvalue weighted by Crippen LogP contribution is -2.51. The van der Waals surface area contributed by atoms with E-state index in [0.29, 0.717) is 0 Å². The Morgan fingerprint density at radius 1 is 1.35 bits per heavy atom. The van der Waals surface area contributed by atoms with E-state index < -0.39 is 47.3 Å². The molecule has 0 fully saturated rings. The van der Waals surface area contributed by atoms with Gasteiger partial charge < -0.3 is 15.8 Å². The second kappa shape index (κ2) is 8.26. The van der Waals surface area contributed by atoms with Gasteiger partial charge in [-0.25, -0.2) is 23.1 Å². The number of carbonyl (C=O) groups excluding carboxylic acids is 1. The summed E-state index contributed by atoms with van der Waals surface area (Å²) in [6.07, 6.45) is -2.61. The van der Waals surface area contributed by atoms with E-state index in [1.165, 1.54) is 38.2 Å². The monoisotopic (exact) mass is 431 g/mol. The minimum Gasteiger partial charge on any atom is -0.462 e. The van der Waals surface area contributed by atoms with Gasteiger partial charge in [-0.3, -0.25) is 4.79 Å². The highest BCUT2D eigenvalue weighted by Gasteiger charge is 2.53. The first-order chi connectivity index (χ1) is 14.6. The van der Waals surface area contributed by atoms with E-state index >= 15 is 4.39 Å². The third-order valence-corrected chi connectivity index (χ3v) is 5.40. The average molecular weight is 431 g/mol. The standard InChI is InChI=1S/C21H20F3N5O2/c1-10-6-14(28-18(30)16-5-4-13(8-25)9-27-16)7-15(17(10)22)21(19(23)24)11(2)12(3)31-20(26)29-21/h4-7,9,11-12,19H,1-3H3,(H2,26,29)(H,28,30). The Bertz CT molecular complexity index is 1080. The molecule has 1 aliphatic rings. The van der Waals surface area contributed by atoms with Crippen molar-refractivity contribution in [3.8, 4) is 6.07 Å². The summed E-state index contributed by atoms with van der Waals surface area (Å²) in [5, 5.41) is 11.4. The van der Waals surface area contributed by atoms with Crippen LogP contribution in [0.3, 0.4) is 0 Å². The highest BCUT2D eigenvalue weighted by molar-refractivity contribution is 6.03. The zero-order valence-corrected chi connectivity index (χ0v) is 17.0. The molecule has 2 aromatic rings. The second-order valence-corrected chi connectivity index (χ2v) is 7.34. The molecule has 1 aliphatic heterocycles. The number of nitrogens with zero attached hydrogens (tertiary/aromatic N) is 3. The number of ether oxygens (including phenoxy) is 1. The molecule has 3 unspecified atom stereocenters. The number of nitrogens with one attached hydrogen (secondary N) is 1. The molecule has 1 aromatic carbocycles. The van der Waals surface area contributed by atoms with E-state index in [1.807, 2.05) is 6.07 Å². The number of anilines is 1. The van der Waals surface area contributed by atoms with Gasteiger partial charge >= 0.3 is 0 Å². The molecule has 1 aromatic heterocycles. The molecule has 3 atom stereocenters. The Hall–Kier alpha value is -3.61. The summed E-state index contributed by atoms with van der Waals surface area (Å²) in [4.78, 5) is 20.2. The maximum atomic E-state index is 15.1. The number of rotatable bonds is 4. The van der Waals surface area contributed by atoms with Crippen molar-refractivity contribution in [3.05, 3.63) is 58.7 Å². The molecule has 3 rings (SSSR count). The van der Waals surface area contributed by atoms with E-state index in [0.717, 1.165) is 6.07 Å². The molecule has 2 heterocycles. The quantitative estimate of drug-likeness (QED) is 0.769. The third-order valence-electron chi connectivity index (χ3n) is 5.40. The maximum absolute atomic E-state index is 15.1. The summed E-state index contributed by atoms with van der Waals surface area (Å²) in [5.74, 6) is -2.43. The number of hydrogen-bond acceptors (Lipinski definition) is 6. The van der Waals surface area contributed by atoms with E-state index in [2.05, 4.69) is 15.3 Å². The van der Waals surface area contributed by atoms with E-state index in [9.17, 15) is 13.6 Å². The fraction of sp³-hybridized carbons (Fsp3) is 0.333. The van der Waals surface area contributed by atoms with Gasteiger partial charge in [-0.1, -0.05) is 6.92 Å². The second-order valence-electron chi connectivity index (χ2n) is 7.34. The van der Waals surface area contributed by atoms with Crippen LogP contribution in [-0.2, 0) is 10.3 Å². The van der Waals surface area contributed by atoms with Crippen molar-refractivity contribution < 1.29 is 22.7 Å². The number of aromatic nitrogens is 1. The lowest BCUT2D eigenvalue weighted by Gasteiger charge is -2.42. The highest BCUT2D eigenvalue weighted by atomic mass is 19.3. The predicted molar refractivity (Wildman–Crippen MR) is 107 cm³/mol. The lowest BCUT2D eigenvalue weighted by molar-refractivity contribution is -0.0364. The Kier molecular flexibility index (Phi) is 5.88. The molecule has 0 aliphatic carbocycles. The van der Waals surface area contributed by atoms with Crippen LogP contribution in [0.2, 0.25) is 0 Å². The predicted octanol–water partition coefficient (Wildman–Crippen LogP) is 3.48. The van der Waals surface area contributed by atoms with E-state index in [1.54, 1.807) is 6.92 Å². The molecule has 1 amide bonds. The Labute approximate surface area is 176 Å². The first-order valence-corrected chi connectivity index (χ1v) is 9.38. The average Bonchev–Trinajstić information content (AvgIpc) is 2.73. The number of pyridine rings is 1. The minimum atomic E-state index is -3.09. The number of alkyl halides is 2. The van der Waals surface area contributed by atoms with Crippen LogP contribution in [0, 0.1) is 30.0 Å². The van der Waals surface area contributed by atoms with Crippen LogP contribution in [0.25, 0.3) is 0 Å². The number of amides is 1. The molecule has 0 bridgehead atoms. The van der Waals surface area contributed by atoms with Crippen LogP contribution in [0.15, 0.2) is 35.5 Å². The molecule has 0 saturated carbocycles. The van der Waals surface area contributed by atoms with Crippen LogP contribution >= 0.6 is 0 Å². The van der Waals surface area contributed by atoms with Gasteiger partial charge in [0, 0.05) is 23.4 Å². The molecule has 7 nitrogen and oxygen atoms in total. The number of aliphatic imine (C=N–C) groups is 1. The van der Waals surface area contributed by atoms with Crippen LogP contribution in [-0.4, -0.2) is 29.4 Å². The number of hydrogen-bond donors (Lipinski definition) is 2. The van der Waals surface area contributed by atoms with Gasteiger partial charge in [0.25, 0.3) is 18.4 Å². The normalized spacial score (nSPS) is 23.0. The Morgan fingerprint density at radius 3 is 2.65 bits per heavy atom. The summed E-state index contributed by atoms with van der Waals surface area (Å²) < 4.78 is 49.1. The molecular weight excluding hydrogens is 411 g/mol. The Balaban J connectivity index is 2.07. The van der Waals surface area contributed by atoms with Crippen molar-refractivity contribution in [2.75, 3.05) is 5.32 Å². The van der Waals surface area contributed by atoms with E-state index in [-0.39, 0.29) is 22.5 Å². The van der Waals surface area contributed by atoms with Gasteiger partial charge in [-0.05, 0) is 43.7 Å². The zero-order chi connectivity index (χ0) is 22.9. The molecule has 162 valence electrons. The van der Waals surface area contributed by atoms with Crippen LogP contribution < -0.4 is 11.1 Å². The maximum Gasteiger partial charge on any atom is 0.283 e. The number of carbonyl (C=O) groups is 1. The van der Waals surface area contributed by atoms with Gasteiger partial charge in [0.05, 0.1) is 5.56 Å². The van der Waals surface area contributed by atoms with Crippen molar-refractivity contribution in [3.63, 3.8) is 0 Å². The number of benzene rings is 1. The van der Waals surface area contributed by atoms with Crippen LogP contribution in [0.5, 0.6) is 0 Å².